The molecule has 1 fully saturated rings. The highest BCUT2D eigenvalue weighted by Gasteiger charge is 2.21. The SMILES string of the molecule is COC(=O)c1cccc(NC(=O)C2CCNCC2)c1. The number of anilines is 1. The summed E-state index contributed by atoms with van der Waals surface area (Å²) in [7, 11) is 1.34. The van der Waals surface area contributed by atoms with Crippen LogP contribution in [0.25, 0.3) is 0 Å². The van der Waals surface area contributed by atoms with Crippen molar-refractivity contribution in [1.82, 2.24) is 5.32 Å². The second kappa shape index (κ2) is 6.33. The molecular weight excluding hydrogens is 244 g/mol. The molecule has 5 heteroatoms. The van der Waals surface area contributed by atoms with Crippen LogP contribution in [0.15, 0.2) is 24.3 Å². The van der Waals surface area contributed by atoms with Gasteiger partial charge in [-0.3, -0.25) is 4.79 Å². The Morgan fingerprint density at radius 2 is 2.05 bits per heavy atom. The molecule has 1 saturated heterocycles. The predicted octanol–water partition coefficient (Wildman–Crippen LogP) is 1.41. The number of hydrogen-bond donors (Lipinski definition) is 2. The lowest BCUT2D eigenvalue weighted by Crippen LogP contribution is -2.34. The van der Waals surface area contributed by atoms with E-state index in [1.165, 1.54) is 7.11 Å². The molecule has 19 heavy (non-hydrogen) atoms. The van der Waals surface area contributed by atoms with Crippen LogP contribution < -0.4 is 10.6 Å². The first-order chi connectivity index (χ1) is 9.20. The van der Waals surface area contributed by atoms with Crippen LogP contribution in [-0.4, -0.2) is 32.1 Å². The van der Waals surface area contributed by atoms with Gasteiger partial charge in [-0.05, 0) is 44.1 Å². The zero-order chi connectivity index (χ0) is 13.7. The van der Waals surface area contributed by atoms with Gasteiger partial charge in [0.15, 0.2) is 0 Å². The van der Waals surface area contributed by atoms with Crippen LogP contribution in [0.5, 0.6) is 0 Å². The minimum Gasteiger partial charge on any atom is -0.465 e. The van der Waals surface area contributed by atoms with Gasteiger partial charge in [0, 0.05) is 11.6 Å². The molecule has 102 valence electrons. The fourth-order valence-corrected chi connectivity index (χ4v) is 2.17. The summed E-state index contributed by atoms with van der Waals surface area (Å²) in [5.41, 5.74) is 1.07. The predicted molar refractivity (Wildman–Crippen MR) is 72.0 cm³/mol. The molecule has 1 amide bonds. The standard InChI is InChI=1S/C14H18N2O3/c1-19-14(18)11-3-2-4-12(9-11)16-13(17)10-5-7-15-8-6-10/h2-4,9-10,15H,5-8H2,1H3,(H,16,17). The van der Waals surface area contributed by atoms with E-state index in [1.807, 2.05) is 0 Å². The van der Waals surface area contributed by atoms with Gasteiger partial charge < -0.3 is 15.4 Å². The summed E-state index contributed by atoms with van der Waals surface area (Å²) >= 11 is 0. The normalized spacial score (nSPS) is 15.8. The molecule has 0 radical (unpaired) electrons. The van der Waals surface area contributed by atoms with Crippen molar-refractivity contribution in [3.8, 4) is 0 Å². The molecule has 1 heterocycles. The van der Waals surface area contributed by atoms with Crippen molar-refractivity contribution in [2.45, 2.75) is 12.8 Å². The second-order valence-electron chi connectivity index (χ2n) is 4.59. The largest absolute Gasteiger partial charge is 0.465 e. The van der Waals surface area contributed by atoms with E-state index in [4.69, 9.17) is 0 Å². The van der Waals surface area contributed by atoms with Gasteiger partial charge in [-0.1, -0.05) is 6.07 Å². The van der Waals surface area contributed by atoms with Crippen molar-refractivity contribution >= 4 is 17.6 Å². The van der Waals surface area contributed by atoms with E-state index in [1.54, 1.807) is 24.3 Å². The van der Waals surface area contributed by atoms with Crippen LogP contribution in [0.4, 0.5) is 5.69 Å². The number of rotatable bonds is 3. The van der Waals surface area contributed by atoms with Gasteiger partial charge in [0.05, 0.1) is 12.7 Å². The van der Waals surface area contributed by atoms with E-state index >= 15 is 0 Å². The van der Waals surface area contributed by atoms with Crippen molar-refractivity contribution in [2.24, 2.45) is 5.92 Å². The maximum absolute atomic E-state index is 12.1. The number of amides is 1. The van der Waals surface area contributed by atoms with E-state index in [2.05, 4.69) is 15.4 Å². The third kappa shape index (κ3) is 3.54. The van der Waals surface area contributed by atoms with Crippen LogP contribution in [-0.2, 0) is 9.53 Å². The molecule has 0 aromatic heterocycles. The summed E-state index contributed by atoms with van der Waals surface area (Å²) in [6, 6.07) is 6.78. The number of carbonyl (C=O) groups excluding carboxylic acids is 2. The number of methoxy groups -OCH3 is 1. The third-order valence-electron chi connectivity index (χ3n) is 3.26. The van der Waals surface area contributed by atoms with E-state index in [0.717, 1.165) is 25.9 Å². The molecule has 1 aliphatic rings. The molecule has 2 rings (SSSR count). The number of ether oxygens (including phenoxy) is 1. The number of piperidine rings is 1. The van der Waals surface area contributed by atoms with Gasteiger partial charge in [0.1, 0.15) is 0 Å². The molecular formula is C14H18N2O3. The smallest absolute Gasteiger partial charge is 0.337 e. The Balaban J connectivity index is 2.02. The maximum atomic E-state index is 12.1. The summed E-state index contributed by atoms with van der Waals surface area (Å²) in [5, 5.41) is 6.08. The Morgan fingerprint density at radius 3 is 2.74 bits per heavy atom. The van der Waals surface area contributed by atoms with Gasteiger partial charge in [-0.25, -0.2) is 4.79 Å². The molecule has 0 unspecified atom stereocenters. The summed E-state index contributed by atoms with van der Waals surface area (Å²) in [6.07, 6.45) is 1.70. The average molecular weight is 262 g/mol. The van der Waals surface area contributed by atoms with Gasteiger partial charge in [0.25, 0.3) is 0 Å². The van der Waals surface area contributed by atoms with Gasteiger partial charge >= 0.3 is 5.97 Å². The van der Waals surface area contributed by atoms with Crippen molar-refractivity contribution in [2.75, 3.05) is 25.5 Å². The van der Waals surface area contributed by atoms with E-state index in [0.29, 0.717) is 11.3 Å². The summed E-state index contributed by atoms with van der Waals surface area (Å²) in [4.78, 5) is 23.5. The molecule has 0 saturated carbocycles. The Hall–Kier alpha value is -1.88. The topological polar surface area (TPSA) is 67.4 Å². The summed E-state index contributed by atoms with van der Waals surface area (Å²) in [5.74, 6) is -0.343. The highest BCUT2D eigenvalue weighted by atomic mass is 16.5. The van der Waals surface area contributed by atoms with E-state index < -0.39 is 5.97 Å². The van der Waals surface area contributed by atoms with Crippen LogP contribution in [0.1, 0.15) is 23.2 Å². The van der Waals surface area contributed by atoms with Crippen molar-refractivity contribution in [3.63, 3.8) is 0 Å². The van der Waals surface area contributed by atoms with Gasteiger partial charge in [-0.15, -0.1) is 0 Å². The minimum absolute atomic E-state index is 0.0171. The van der Waals surface area contributed by atoms with Crippen LogP contribution >= 0.6 is 0 Å². The monoisotopic (exact) mass is 262 g/mol. The molecule has 0 spiro atoms. The Labute approximate surface area is 112 Å². The molecule has 0 aliphatic carbocycles. The Bertz CT molecular complexity index is 468. The quantitative estimate of drug-likeness (QED) is 0.808. The summed E-state index contributed by atoms with van der Waals surface area (Å²) < 4.78 is 4.65. The minimum atomic E-state index is -0.405. The lowest BCUT2D eigenvalue weighted by atomic mass is 9.97. The van der Waals surface area contributed by atoms with Crippen LogP contribution in [0.2, 0.25) is 0 Å². The first kappa shape index (κ1) is 13.5. The zero-order valence-electron chi connectivity index (χ0n) is 10.9. The average Bonchev–Trinajstić information content (AvgIpc) is 2.47. The first-order valence-corrected chi connectivity index (χ1v) is 6.40. The highest BCUT2D eigenvalue weighted by molar-refractivity contribution is 5.95. The Morgan fingerprint density at radius 1 is 1.32 bits per heavy atom. The summed E-state index contributed by atoms with van der Waals surface area (Å²) in [6.45, 7) is 1.75. The zero-order valence-corrected chi connectivity index (χ0v) is 10.9. The molecule has 1 aromatic carbocycles. The van der Waals surface area contributed by atoms with Crippen LogP contribution in [0.3, 0.4) is 0 Å². The third-order valence-corrected chi connectivity index (χ3v) is 3.26. The second-order valence-corrected chi connectivity index (χ2v) is 4.59. The fourth-order valence-electron chi connectivity index (χ4n) is 2.17. The highest BCUT2D eigenvalue weighted by Crippen LogP contribution is 2.17. The number of esters is 1. The molecule has 1 aliphatic heterocycles. The molecule has 1 aromatic rings. The fraction of sp³-hybridized carbons (Fsp3) is 0.429. The molecule has 2 N–H and O–H groups in total. The number of nitrogens with one attached hydrogen (secondary N) is 2. The van der Waals surface area contributed by atoms with Gasteiger partial charge in [-0.2, -0.15) is 0 Å². The van der Waals surface area contributed by atoms with E-state index in [9.17, 15) is 9.59 Å². The lowest BCUT2D eigenvalue weighted by Gasteiger charge is -2.21. The molecule has 5 nitrogen and oxygen atoms in total. The van der Waals surface area contributed by atoms with Crippen molar-refractivity contribution in [1.29, 1.82) is 0 Å². The van der Waals surface area contributed by atoms with Crippen molar-refractivity contribution < 1.29 is 14.3 Å². The maximum Gasteiger partial charge on any atom is 0.337 e. The van der Waals surface area contributed by atoms with Crippen LogP contribution in [0, 0.1) is 5.92 Å². The Kier molecular flexibility index (Phi) is 4.52. The van der Waals surface area contributed by atoms with Gasteiger partial charge in [0.2, 0.25) is 5.91 Å². The first-order valence-electron chi connectivity index (χ1n) is 6.40. The number of benzene rings is 1. The van der Waals surface area contributed by atoms with Crippen molar-refractivity contribution in [3.05, 3.63) is 29.8 Å². The molecule has 0 atom stereocenters. The lowest BCUT2D eigenvalue weighted by molar-refractivity contribution is -0.120. The number of hydrogen-bond acceptors (Lipinski definition) is 4. The molecule has 0 bridgehead atoms. The van der Waals surface area contributed by atoms with E-state index in [-0.39, 0.29) is 11.8 Å². The number of carbonyl (C=O) groups is 2.